The Labute approximate surface area is 160 Å². The number of hydrogen-bond donors (Lipinski definition) is 2. The molecule has 0 saturated heterocycles. The maximum atomic E-state index is 12.3. The fourth-order valence-corrected chi connectivity index (χ4v) is 2.87. The normalized spacial score (nSPS) is 11.9. The van der Waals surface area contributed by atoms with Crippen LogP contribution in [0.3, 0.4) is 0 Å². The Balaban J connectivity index is 2.05. The molecule has 0 fully saturated rings. The lowest BCUT2D eigenvalue weighted by atomic mass is 10.1. The Hall–Kier alpha value is -2.87. The Morgan fingerprint density at radius 3 is 2.67 bits per heavy atom. The molecule has 0 spiro atoms. The maximum absolute atomic E-state index is 12.3. The van der Waals surface area contributed by atoms with E-state index in [4.69, 9.17) is 11.6 Å². The molecule has 0 amide bonds. The number of aromatic nitrogens is 4. The fourth-order valence-electron chi connectivity index (χ4n) is 2.74. The SMILES string of the molecule is CCCCn1c(N/N=C(\C)c2ccc(Cl)cc2)nc2c1c(=O)[nH]c(=O)n2C. The van der Waals surface area contributed by atoms with Crippen LogP contribution in [-0.2, 0) is 13.6 Å². The number of nitrogens with zero attached hydrogens (tertiary/aromatic N) is 4. The third-order valence-corrected chi connectivity index (χ3v) is 4.58. The predicted molar refractivity (Wildman–Crippen MR) is 108 cm³/mol. The molecule has 3 rings (SSSR count). The molecule has 0 bridgehead atoms. The summed E-state index contributed by atoms with van der Waals surface area (Å²) >= 11 is 5.92. The van der Waals surface area contributed by atoms with Crippen molar-refractivity contribution < 1.29 is 0 Å². The summed E-state index contributed by atoms with van der Waals surface area (Å²) in [6, 6.07) is 7.33. The molecule has 3 aromatic rings. The van der Waals surface area contributed by atoms with Gasteiger partial charge in [-0.1, -0.05) is 37.1 Å². The first-order chi connectivity index (χ1) is 12.9. The van der Waals surface area contributed by atoms with Gasteiger partial charge < -0.3 is 4.57 Å². The second-order valence-electron chi connectivity index (χ2n) is 6.25. The summed E-state index contributed by atoms with van der Waals surface area (Å²) in [5, 5.41) is 5.03. The topological polar surface area (TPSA) is 97.1 Å². The molecule has 142 valence electrons. The van der Waals surface area contributed by atoms with Crippen molar-refractivity contribution in [3.05, 3.63) is 55.7 Å². The summed E-state index contributed by atoms with van der Waals surface area (Å²) in [6.07, 6.45) is 1.82. The summed E-state index contributed by atoms with van der Waals surface area (Å²) < 4.78 is 3.08. The van der Waals surface area contributed by atoms with Crippen molar-refractivity contribution in [2.24, 2.45) is 12.1 Å². The van der Waals surface area contributed by atoms with Crippen LogP contribution in [0.1, 0.15) is 32.3 Å². The average Bonchev–Trinajstić information content (AvgIpc) is 3.02. The highest BCUT2D eigenvalue weighted by Crippen LogP contribution is 2.17. The Bertz CT molecular complexity index is 1110. The van der Waals surface area contributed by atoms with Crippen LogP contribution in [0.25, 0.3) is 11.2 Å². The number of aromatic amines is 1. The first-order valence-corrected chi connectivity index (χ1v) is 9.06. The number of hydrogen-bond acceptors (Lipinski definition) is 5. The summed E-state index contributed by atoms with van der Waals surface area (Å²) in [7, 11) is 1.57. The van der Waals surface area contributed by atoms with Crippen molar-refractivity contribution in [1.82, 2.24) is 19.1 Å². The zero-order valence-corrected chi connectivity index (χ0v) is 16.2. The lowest BCUT2D eigenvalue weighted by Crippen LogP contribution is -2.29. The van der Waals surface area contributed by atoms with Crippen LogP contribution in [0.2, 0.25) is 5.02 Å². The van der Waals surface area contributed by atoms with Gasteiger partial charge >= 0.3 is 5.69 Å². The number of aryl methyl sites for hydroxylation is 2. The van der Waals surface area contributed by atoms with Crippen LogP contribution in [0.15, 0.2) is 39.0 Å². The molecule has 0 aliphatic rings. The lowest BCUT2D eigenvalue weighted by Gasteiger charge is -2.08. The summed E-state index contributed by atoms with van der Waals surface area (Å²) in [4.78, 5) is 31.0. The molecular weight excluding hydrogens is 368 g/mol. The van der Waals surface area contributed by atoms with E-state index in [0.717, 1.165) is 24.1 Å². The molecular formula is C18H21ClN6O2. The number of imidazole rings is 1. The van der Waals surface area contributed by atoms with Crippen LogP contribution in [-0.4, -0.2) is 24.8 Å². The highest BCUT2D eigenvalue weighted by Gasteiger charge is 2.16. The predicted octanol–water partition coefficient (Wildman–Crippen LogP) is 2.71. The quantitative estimate of drug-likeness (QED) is 0.501. The van der Waals surface area contributed by atoms with Gasteiger partial charge in [-0.25, -0.2) is 10.2 Å². The number of benzene rings is 1. The van der Waals surface area contributed by atoms with Crippen molar-refractivity contribution >= 4 is 34.4 Å². The fraction of sp³-hybridized carbons (Fsp3) is 0.333. The lowest BCUT2D eigenvalue weighted by molar-refractivity contribution is 0.647. The number of unbranched alkanes of at least 4 members (excludes halogenated alkanes) is 1. The summed E-state index contributed by atoms with van der Waals surface area (Å²) in [5.41, 5.74) is 4.31. The van der Waals surface area contributed by atoms with Gasteiger partial charge in [0, 0.05) is 18.6 Å². The van der Waals surface area contributed by atoms with E-state index in [1.165, 1.54) is 4.57 Å². The number of rotatable bonds is 6. The Kier molecular flexibility index (Phi) is 5.46. The molecule has 2 heterocycles. The van der Waals surface area contributed by atoms with E-state index in [1.807, 2.05) is 19.1 Å². The van der Waals surface area contributed by atoms with E-state index in [9.17, 15) is 9.59 Å². The number of anilines is 1. The van der Waals surface area contributed by atoms with Crippen molar-refractivity contribution in [3.8, 4) is 0 Å². The zero-order chi connectivity index (χ0) is 19.6. The van der Waals surface area contributed by atoms with Crippen molar-refractivity contribution in [3.63, 3.8) is 0 Å². The highest BCUT2D eigenvalue weighted by atomic mass is 35.5. The van der Waals surface area contributed by atoms with Gasteiger partial charge in [0.05, 0.1) is 5.71 Å². The molecule has 0 atom stereocenters. The third-order valence-electron chi connectivity index (χ3n) is 4.33. The van der Waals surface area contributed by atoms with Gasteiger partial charge in [0.2, 0.25) is 5.95 Å². The number of H-pyrrole nitrogens is 1. The average molecular weight is 389 g/mol. The van der Waals surface area contributed by atoms with E-state index >= 15 is 0 Å². The van der Waals surface area contributed by atoms with Crippen LogP contribution < -0.4 is 16.7 Å². The zero-order valence-electron chi connectivity index (χ0n) is 15.4. The number of nitrogens with one attached hydrogen (secondary N) is 2. The molecule has 9 heteroatoms. The molecule has 0 saturated carbocycles. The van der Waals surface area contributed by atoms with Crippen LogP contribution in [0, 0.1) is 0 Å². The van der Waals surface area contributed by atoms with Gasteiger partial charge in [-0.05, 0) is 31.0 Å². The van der Waals surface area contributed by atoms with Gasteiger partial charge in [-0.2, -0.15) is 10.1 Å². The van der Waals surface area contributed by atoms with Crippen LogP contribution in [0.5, 0.6) is 0 Å². The van der Waals surface area contributed by atoms with E-state index in [-0.39, 0.29) is 0 Å². The van der Waals surface area contributed by atoms with Gasteiger partial charge in [0.15, 0.2) is 11.2 Å². The standard InChI is InChI=1S/C18H21ClN6O2/c1-4-5-10-25-14-15(24(3)18(27)21-16(14)26)20-17(25)23-22-11(2)12-6-8-13(19)9-7-12/h6-9H,4-5,10H2,1-3H3,(H,20,23)(H,21,26,27)/b22-11+. The molecule has 2 aromatic heterocycles. The molecule has 8 nitrogen and oxygen atoms in total. The first kappa shape index (κ1) is 18.9. The molecule has 27 heavy (non-hydrogen) atoms. The monoisotopic (exact) mass is 388 g/mol. The van der Waals surface area contributed by atoms with Crippen molar-refractivity contribution in [1.29, 1.82) is 0 Å². The Morgan fingerprint density at radius 1 is 1.30 bits per heavy atom. The maximum Gasteiger partial charge on any atom is 0.329 e. The molecule has 0 unspecified atom stereocenters. The number of halogens is 1. The number of fused-ring (bicyclic) bond motifs is 1. The molecule has 0 aliphatic carbocycles. The van der Waals surface area contributed by atoms with E-state index in [2.05, 4.69) is 27.4 Å². The van der Waals surface area contributed by atoms with Crippen LogP contribution >= 0.6 is 11.6 Å². The van der Waals surface area contributed by atoms with E-state index < -0.39 is 11.2 Å². The minimum Gasteiger partial charge on any atom is -0.303 e. The Morgan fingerprint density at radius 2 is 2.00 bits per heavy atom. The van der Waals surface area contributed by atoms with E-state index in [0.29, 0.717) is 28.7 Å². The van der Waals surface area contributed by atoms with Gasteiger partial charge in [-0.3, -0.25) is 14.3 Å². The molecule has 2 N–H and O–H groups in total. The first-order valence-electron chi connectivity index (χ1n) is 8.68. The summed E-state index contributed by atoms with van der Waals surface area (Å²) in [5.74, 6) is 0.415. The molecule has 0 aliphatic heterocycles. The van der Waals surface area contributed by atoms with Gasteiger partial charge in [0.1, 0.15) is 0 Å². The summed E-state index contributed by atoms with van der Waals surface area (Å²) in [6.45, 7) is 4.51. The highest BCUT2D eigenvalue weighted by molar-refractivity contribution is 6.30. The van der Waals surface area contributed by atoms with E-state index in [1.54, 1.807) is 23.7 Å². The van der Waals surface area contributed by atoms with Crippen molar-refractivity contribution in [2.75, 3.05) is 5.43 Å². The van der Waals surface area contributed by atoms with Crippen molar-refractivity contribution in [2.45, 2.75) is 33.2 Å². The van der Waals surface area contributed by atoms with Gasteiger partial charge in [0.25, 0.3) is 5.56 Å². The largest absolute Gasteiger partial charge is 0.329 e. The minimum atomic E-state index is -0.500. The van der Waals surface area contributed by atoms with Gasteiger partial charge in [-0.15, -0.1) is 0 Å². The smallest absolute Gasteiger partial charge is 0.303 e. The second-order valence-corrected chi connectivity index (χ2v) is 6.68. The minimum absolute atomic E-state index is 0.321. The second kappa shape index (κ2) is 7.79. The molecule has 1 aromatic carbocycles. The van der Waals surface area contributed by atoms with Crippen LogP contribution in [0.4, 0.5) is 5.95 Å². The molecule has 0 radical (unpaired) electrons. The number of hydrazone groups is 1. The third kappa shape index (κ3) is 3.80.